The van der Waals surface area contributed by atoms with E-state index < -0.39 is 23.4 Å². The first-order valence-corrected chi connectivity index (χ1v) is 10.8. The third-order valence-corrected chi connectivity index (χ3v) is 5.73. The van der Waals surface area contributed by atoms with Crippen LogP contribution in [0.1, 0.15) is 36.0 Å². The van der Waals surface area contributed by atoms with Gasteiger partial charge in [0.25, 0.3) is 11.6 Å². The second-order valence-electron chi connectivity index (χ2n) is 7.95. The van der Waals surface area contributed by atoms with Crippen LogP contribution in [0, 0.1) is 10.1 Å². The molecule has 4 rings (SSSR count). The van der Waals surface area contributed by atoms with E-state index in [0.29, 0.717) is 30.0 Å². The minimum atomic E-state index is -0.829. The van der Waals surface area contributed by atoms with Gasteiger partial charge in [0.15, 0.2) is 6.61 Å². The third kappa shape index (κ3) is 4.94. The van der Waals surface area contributed by atoms with Crippen molar-refractivity contribution in [2.75, 3.05) is 41.4 Å². The molecular formula is C23H24N4O6. The maximum atomic E-state index is 12.4. The van der Waals surface area contributed by atoms with Crippen LogP contribution >= 0.6 is 0 Å². The van der Waals surface area contributed by atoms with Gasteiger partial charge in [-0.3, -0.25) is 19.7 Å². The lowest BCUT2D eigenvalue weighted by atomic mass is 10.1. The van der Waals surface area contributed by atoms with Crippen LogP contribution < -0.4 is 15.1 Å². The molecule has 10 nitrogen and oxygen atoms in total. The molecule has 0 aliphatic carbocycles. The molecule has 0 atom stereocenters. The fourth-order valence-electron chi connectivity index (χ4n) is 4.14. The summed E-state index contributed by atoms with van der Waals surface area (Å²) in [6.45, 7) is 1.47. The number of hydrogen-bond donors (Lipinski definition) is 1. The van der Waals surface area contributed by atoms with Crippen molar-refractivity contribution in [2.45, 2.75) is 25.7 Å². The van der Waals surface area contributed by atoms with Crippen LogP contribution in [-0.2, 0) is 14.3 Å². The van der Waals surface area contributed by atoms with Crippen LogP contribution in [-0.4, -0.2) is 48.9 Å². The summed E-state index contributed by atoms with van der Waals surface area (Å²) in [6.07, 6.45) is 3.14. The maximum Gasteiger partial charge on any atom is 0.338 e. The number of nitro benzene ring substituents is 1. The first-order valence-electron chi connectivity index (χ1n) is 10.8. The van der Waals surface area contributed by atoms with E-state index >= 15 is 0 Å². The zero-order chi connectivity index (χ0) is 23.4. The normalized spacial score (nSPS) is 15.6. The lowest BCUT2D eigenvalue weighted by Gasteiger charge is -2.20. The van der Waals surface area contributed by atoms with E-state index in [9.17, 15) is 24.5 Å². The summed E-state index contributed by atoms with van der Waals surface area (Å²) in [5, 5.41) is 14.2. The molecule has 2 amide bonds. The Morgan fingerprint density at radius 1 is 1.03 bits per heavy atom. The lowest BCUT2D eigenvalue weighted by molar-refractivity contribution is -0.384. The van der Waals surface area contributed by atoms with Crippen molar-refractivity contribution in [3.63, 3.8) is 0 Å². The molecule has 0 spiro atoms. The van der Waals surface area contributed by atoms with Crippen molar-refractivity contribution in [1.82, 2.24) is 0 Å². The van der Waals surface area contributed by atoms with Crippen LogP contribution in [0.4, 0.5) is 22.7 Å². The summed E-state index contributed by atoms with van der Waals surface area (Å²) in [5.74, 6) is -1.42. The SMILES string of the molecule is O=C(COC(=O)c1ccc(N2CCCC2)c([N+](=O)[O-])c1)Nc1ccccc1N1CCCC1=O. The van der Waals surface area contributed by atoms with Crippen LogP contribution in [0.5, 0.6) is 0 Å². The molecule has 0 radical (unpaired) electrons. The summed E-state index contributed by atoms with van der Waals surface area (Å²) < 4.78 is 5.08. The number of carbonyl (C=O) groups excluding carboxylic acids is 3. The molecule has 2 aliphatic rings. The number of esters is 1. The van der Waals surface area contributed by atoms with Gasteiger partial charge in [0.1, 0.15) is 5.69 Å². The smallest absolute Gasteiger partial charge is 0.338 e. The van der Waals surface area contributed by atoms with Crippen molar-refractivity contribution in [1.29, 1.82) is 0 Å². The third-order valence-electron chi connectivity index (χ3n) is 5.73. The highest BCUT2D eigenvalue weighted by molar-refractivity contribution is 6.03. The average Bonchev–Trinajstić information content (AvgIpc) is 3.49. The van der Waals surface area contributed by atoms with E-state index in [-0.39, 0.29) is 17.2 Å². The molecule has 2 saturated heterocycles. The van der Waals surface area contributed by atoms with Crippen molar-refractivity contribution in [3.8, 4) is 0 Å². The Morgan fingerprint density at radius 3 is 2.48 bits per heavy atom. The van der Waals surface area contributed by atoms with Crippen molar-refractivity contribution < 1.29 is 24.0 Å². The molecule has 2 aliphatic heterocycles. The fraction of sp³-hybridized carbons (Fsp3) is 0.348. The number of ether oxygens (including phenoxy) is 1. The molecule has 172 valence electrons. The average molecular weight is 452 g/mol. The molecule has 2 aromatic rings. The molecule has 2 aromatic carbocycles. The summed E-state index contributed by atoms with van der Waals surface area (Å²) >= 11 is 0. The number of rotatable bonds is 7. The van der Waals surface area contributed by atoms with Crippen molar-refractivity contribution >= 4 is 40.5 Å². The van der Waals surface area contributed by atoms with Gasteiger partial charge in [0, 0.05) is 32.1 Å². The van der Waals surface area contributed by atoms with E-state index in [4.69, 9.17) is 4.74 Å². The van der Waals surface area contributed by atoms with E-state index in [2.05, 4.69) is 5.32 Å². The Hall–Kier alpha value is -3.95. The first kappa shape index (κ1) is 22.3. The highest BCUT2D eigenvalue weighted by atomic mass is 16.6. The molecule has 33 heavy (non-hydrogen) atoms. The molecule has 2 heterocycles. The van der Waals surface area contributed by atoms with Gasteiger partial charge in [-0.25, -0.2) is 4.79 Å². The van der Waals surface area contributed by atoms with Gasteiger partial charge in [-0.15, -0.1) is 0 Å². The van der Waals surface area contributed by atoms with Crippen molar-refractivity contribution in [2.24, 2.45) is 0 Å². The van der Waals surface area contributed by atoms with E-state index in [1.807, 2.05) is 4.90 Å². The van der Waals surface area contributed by atoms with Crippen molar-refractivity contribution in [3.05, 3.63) is 58.1 Å². The number of nitrogens with zero attached hydrogens (tertiary/aromatic N) is 3. The Balaban J connectivity index is 1.40. The molecule has 0 unspecified atom stereocenters. The van der Waals surface area contributed by atoms with E-state index in [0.717, 1.165) is 32.4 Å². The second-order valence-corrected chi connectivity index (χ2v) is 7.95. The number of para-hydroxylation sites is 2. The highest BCUT2D eigenvalue weighted by Crippen LogP contribution is 2.32. The first-order chi connectivity index (χ1) is 15.9. The number of anilines is 3. The number of benzene rings is 2. The number of carbonyl (C=O) groups is 3. The highest BCUT2D eigenvalue weighted by Gasteiger charge is 2.26. The summed E-state index contributed by atoms with van der Waals surface area (Å²) in [5.41, 5.74) is 1.34. The Labute approximate surface area is 190 Å². The monoisotopic (exact) mass is 452 g/mol. The minimum absolute atomic E-state index is 0.000473. The maximum absolute atomic E-state index is 12.4. The zero-order valence-electron chi connectivity index (χ0n) is 18.0. The Kier molecular flexibility index (Phi) is 6.53. The van der Waals surface area contributed by atoms with Crippen LogP contribution in [0.15, 0.2) is 42.5 Å². The zero-order valence-corrected chi connectivity index (χ0v) is 18.0. The largest absolute Gasteiger partial charge is 0.452 e. The number of amides is 2. The van der Waals surface area contributed by atoms with Crippen LogP contribution in [0.25, 0.3) is 0 Å². The van der Waals surface area contributed by atoms with Gasteiger partial charge in [-0.2, -0.15) is 0 Å². The van der Waals surface area contributed by atoms with Gasteiger partial charge >= 0.3 is 5.97 Å². The van der Waals surface area contributed by atoms with Gasteiger partial charge in [0.2, 0.25) is 5.91 Å². The van der Waals surface area contributed by atoms with Gasteiger partial charge in [-0.05, 0) is 43.5 Å². The predicted molar refractivity (Wildman–Crippen MR) is 121 cm³/mol. The molecule has 0 aromatic heterocycles. The van der Waals surface area contributed by atoms with Gasteiger partial charge in [0.05, 0.1) is 21.9 Å². The summed E-state index contributed by atoms with van der Waals surface area (Å²) in [6, 6.07) is 11.1. The number of nitro groups is 1. The van der Waals surface area contributed by atoms with Crippen LogP contribution in [0.2, 0.25) is 0 Å². The second kappa shape index (κ2) is 9.68. The quantitative estimate of drug-likeness (QED) is 0.389. The van der Waals surface area contributed by atoms with Gasteiger partial charge in [-0.1, -0.05) is 12.1 Å². The summed E-state index contributed by atoms with van der Waals surface area (Å²) in [7, 11) is 0. The molecule has 2 fully saturated rings. The number of hydrogen-bond acceptors (Lipinski definition) is 7. The fourth-order valence-corrected chi connectivity index (χ4v) is 4.14. The van der Waals surface area contributed by atoms with E-state index in [1.165, 1.54) is 12.1 Å². The van der Waals surface area contributed by atoms with Crippen LogP contribution in [0.3, 0.4) is 0 Å². The minimum Gasteiger partial charge on any atom is -0.452 e. The number of nitrogens with one attached hydrogen (secondary N) is 1. The molecule has 1 N–H and O–H groups in total. The molecule has 10 heteroatoms. The standard InChI is InChI=1S/C23H24N4O6/c28-21(24-17-6-1-2-7-18(17)26-13-5-8-22(26)29)15-33-23(30)16-9-10-19(20(14-16)27(31)32)25-11-3-4-12-25/h1-2,6-7,9-10,14H,3-5,8,11-13,15H2,(H,24,28). The van der Waals surface area contributed by atoms with E-state index in [1.54, 1.807) is 35.2 Å². The summed E-state index contributed by atoms with van der Waals surface area (Å²) in [4.78, 5) is 51.4. The Bertz CT molecular complexity index is 1100. The topological polar surface area (TPSA) is 122 Å². The van der Waals surface area contributed by atoms with Gasteiger partial charge < -0.3 is 19.9 Å². The molecule has 0 bridgehead atoms. The molecular weight excluding hydrogens is 428 g/mol. The lowest BCUT2D eigenvalue weighted by Crippen LogP contribution is -2.27. The predicted octanol–water partition coefficient (Wildman–Crippen LogP) is 3.12. The molecule has 0 saturated carbocycles. The Morgan fingerprint density at radius 2 is 1.79 bits per heavy atom.